The first kappa shape index (κ1) is 9.42. The lowest BCUT2D eigenvalue weighted by Crippen LogP contribution is -2.22. The van der Waals surface area contributed by atoms with Crippen LogP contribution < -0.4 is 0 Å². The van der Waals surface area contributed by atoms with Crippen LogP contribution in [0.4, 0.5) is 13.2 Å². The van der Waals surface area contributed by atoms with Crippen LogP contribution in [0.5, 0.6) is 0 Å². The van der Waals surface area contributed by atoms with E-state index in [4.69, 9.17) is 4.74 Å². The van der Waals surface area contributed by atoms with Gasteiger partial charge in [0.25, 0.3) is 0 Å². The second kappa shape index (κ2) is 2.99. The first-order chi connectivity index (χ1) is 5.41. The minimum atomic E-state index is -4.18. The van der Waals surface area contributed by atoms with E-state index in [9.17, 15) is 13.2 Å². The van der Waals surface area contributed by atoms with Crippen molar-refractivity contribution >= 4 is 0 Å². The van der Waals surface area contributed by atoms with Gasteiger partial charge in [-0.25, -0.2) is 0 Å². The van der Waals surface area contributed by atoms with Crippen molar-refractivity contribution in [2.45, 2.75) is 32.5 Å². The molecule has 0 aromatic heterocycles. The number of allylic oxidation sites excluding steroid dienone is 1. The third-order valence-electron chi connectivity index (χ3n) is 1.91. The molecule has 0 bridgehead atoms. The molecule has 1 nitrogen and oxygen atoms in total. The highest BCUT2D eigenvalue weighted by molar-refractivity contribution is 5.05. The van der Waals surface area contributed by atoms with Crippen LogP contribution in [0.15, 0.2) is 11.8 Å². The van der Waals surface area contributed by atoms with Crippen molar-refractivity contribution < 1.29 is 17.9 Å². The standard InChI is InChI=1S/C8H11F3O/c1-5-3-4-7(12-5)6(2)8(9,10)11/h4-6H,3H2,1-2H3. The SMILES string of the molecule is CC1CC=C(C(C)C(F)(F)F)O1. The Morgan fingerprint density at radius 3 is 2.50 bits per heavy atom. The molecule has 0 saturated heterocycles. The number of hydrogen-bond acceptors (Lipinski definition) is 1. The van der Waals surface area contributed by atoms with Gasteiger partial charge in [-0.1, -0.05) is 0 Å². The molecule has 1 rings (SSSR count). The number of rotatable bonds is 1. The highest BCUT2D eigenvalue weighted by Gasteiger charge is 2.40. The molecule has 0 aliphatic carbocycles. The van der Waals surface area contributed by atoms with E-state index in [2.05, 4.69) is 0 Å². The van der Waals surface area contributed by atoms with Crippen LogP contribution in [-0.2, 0) is 4.74 Å². The Kier molecular flexibility index (Phi) is 2.35. The summed E-state index contributed by atoms with van der Waals surface area (Å²) in [6.45, 7) is 2.87. The molecule has 1 aliphatic heterocycles. The number of hydrogen-bond donors (Lipinski definition) is 0. The van der Waals surface area contributed by atoms with Crippen molar-refractivity contribution in [1.29, 1.82) is 0 Å². The molecule has 70 valence electrons. The fourth-order valence-electron chi connectivity index (χ4n) is 1.05. The average Bonchev–Trinajstić information content (AvgIpc) is 2.32. The van der Waals surface area contributed by atoms with Gasteiger partial charge in [0.1, 0.15) is 11.7 Å². The number of halogens is 3. The molecule has 0 N–H and O–H groups in total. The highest BCUT2D eigenvalue weighted by atomic mass is 19.4. The molecule has 2 unspecified atom stereocenters. The third-order valence-corrected chi connectivity index (χ3v) is 1.91. The van der Waals surface area contributed by atoms with Gasteiger partial charge in [0.15, 0.2) is 0 Å². The predicted octanol–water partition coefficient (Wildman–Crippen LogP) is 2.88. The summed E-state index contributed by atoms with van der Waals surface area (Å²) in [4.78, 5) is 0. The van der Waals surface area contributed by atoms with E-state index in [1.54, 1.807) is 6.92 Å². The van der Waals surface area contributed by atoms with Crippen molar-refractivity contribution in [3.63, 3.8) is 0 Å². The first-order valence-corrected chi connectivity index (χ1v) is 3.84. The zero-order valence-electron chi connectivity index (χ0n) is 6.98. The minimum Gasteiger partial charge on any atom is -0.494 e. The molecule has 4 heteroatoms. The normalized spacial score (nSPS) is 26.4. The second-order valence-corrected chi connectivity index (χ2v) is 3.03. The van der Waals surface area contributed by atoms with Crippen LogP contribution in [-0.4, -0.2) is 12.3 Å². The van der Waals surface area contributed by atoms with E-state index < -0.39 is 12.1 Å². The quantitative estimate of drug-likeness (QED) is 0.602. The van der Waals surface area contributed by atoms with Gasteiger partial charge in [0.05, 0.1) is 6.10 Å². The van der Waals surface area contributed by atoms with E-state index in [1.807, 2.05) is 0 Å². The summed E-state index contributed by atoms with van der Waals surface area (Å²) in [7, 11) is 0. The van der Waals surface area contributed by atoms with E-state index >= 15 is 0 Å². The molecule has 0 amide bonds. The molecule has 0 fully saturated rings. The summed E-state index contributed by atoms with van der Waals surface area (Å²) in [6, 6.07) is 0. The van der Waals surface area contributed by atoms with Crippen LogP contribution in [0.25, 0.3) is 0 Å². The fraction of sp³-hybridized carbons (Fsp3) is 0.750. The molecule has 12 heavy (non-hydrogen) atoms. The van der Waals surface area contributed by atoms with Gasteiger partial charge >= 0.3 is 6.18 Å². The Morgan fingerprint density at radius 1 is 1.58 bits per heavy atom. The minimum absolute atomic E-state index is 0.0648. The van der Waals surface area contributed by atoms with E-state index in [0.717, 1.165) is 6.92 Å². The van der Waals surface area contributed by atoms with Crippen LogP contribution in [0.1, 0.15) is 20.3 Å². The predicted molar refractivity (Wildman–Crippen MR) is 38.5 cm³/mol. The van der Waals surface area contributed by atoms with Crippen molar-refractivity contribution in [1.82, 2.24) is 0 Å². The Morgan fingerprint density at radius 2 is 2.17 bits per heavy atom. The van der Waals surface area contributed by atoms with Gasteiger partial charge in [-0.15, -0.1) is 0 Å². The number of alkyl halides is 3. The summed E-state index contributed by atoms with van der Waals surface area (Å²) in [6.07, 6.45) is -2.20. The molecule has 0 aromatic carbocycles. The van der Waals surface area contributed by atoms with Gasteiger partial charge in [0.2, 0.25) is 0 Å². The maximum atomic E-state index is 12.1. The van der Waals surface area contributed by atoms with Crippen molar-refractivity contribution in [3.8, 4) is 0 Å². The van der Waals surface area contributed by atoms with Gasteiger partial charge in [-0.05, 0) is 19.9 Å². The molecule has 1 aliphatic rings. The van der Waals surface area contributed by atoms with Gasteiger partial charge < -0.3 is 4.74 Å². The van der Waals surface area contributed by atoms with Crippen LogP contribution in [0.2, 0.25) is 0 Å². The lowest BCUT2D eigenvalue weighted by molar-refractivity contribution is -0.169. The largest absolute Gasteiger partial charge is 0.494 e. The Labute approximate surface area is 69.2 Å². The van der Waals surface area contributed by atoms with Crippen LogP contribution >= 0.6 is 0 Å². The van der Waals surface area contributed by atoms with E-state index in [1.165, 1.54) is 6.08 Å². The highest BCUT2D eigenvalue weighted by Crippen LogP contribution is 2.35. The summed E-state index contributed by atoms with van der Waals surface area (Å²) < 4.78 is 41.3. The van der Waals surface area contributed by atoms with Crippen LogP contribution in [0, 0.1) is 5.92 Å². The molecule has 0 radical (unpaired) electrons. The van der Waals surface area contributed by atoms with Gasteiger partial charge in [0, 0.05) is 6.42 Å². The first-order valence-electron chi connectivity index (χ1n) is 3.84. The lowest BCUT2D eigenvalue weighted by Gasteiger charge is -2.17. The number of ether oxygens (including phenoxy) is 1. The molecule has 0 saturated carbocycles. The maximum absolute atomic E-state index is 12.1. The monoisotopic (exact) mass is 180 g/mol. The molecule has 1 heterocycles. The molecule has 2 atom stereocenters. The van der Waals surface area contributed by atoms with Gasteiger partial charge in [-0.3, -0.25) is 0 Å². The zero-order chi connectivity index (χ0) is 9.35. The summed E-state index contributed by atoms with van der Waals surface area (Å²) in [5.41, 5.74) is 0. The topological polar surface area (TPSA) is 9.23 Å². The van der Waals surface area contributed by atoms with Gasteiger partial charge in [-0.2, -0.15) is 13.2 Å². The Balaban J connectivity index is 2.60. The molecule has 0 aromatic rings. The molecule has 0 spiro atoms. The Bertz CT molecular complexity index is 195. The summed E-state index contributed by atoms with van der Waals surface area (Å²) in [5, 5.41) is 0. The van der Waals surface area contributed by atoms with Crippen molar-refractivity contribution in [3.05, 3.63) is 11.8 Å². The summed E-state index contributed by atoms with van der Waals surface area (Å²) in [5.74, 6) is -1.41. The van der Waals surface area contributed by atoms with Crippen molar-refractivity contribution in [2.24, 2.45) is 5.92 Å². The van der Waals surface area contributed by atoms with Crippen molar-refractivity contribution in [2.75, 3.05) is 0 Å². The van der Waals surface area contributed by atoms with E-state index in [0.29, 0.717) is 6.42 Å². The summed E-state index contributed by atoms with van der Waals surface area (Å²) >= 11 is 0. The average molecular weight is 180 g/mol. The molecular weight excluding hydrogens is 169 g/mol. The lowest BCUT2D eigenvalue weighted by atomic mass is 10.1. The zero-order valence-corrected chi connectivity index (χ0v) is 6.98. The second-order valence-electron chi connectivity index (χ2n) is 3.03. The molecular formula is C8H11F3O. The van der Waals surface area contributed by atoms with E-state index in [-0.39, 0.29) is 11.9 Å². The Hall–Kier alpha value is -0.670. The maximum Gasteiger partial charge on any atom is 0.398 e. The fourth-order valence-corrected chi connectivity index (χ4v) is 1.05. The van der Waals surface area contributed by atoms with Crippen LogP contribution in [0.3, 0.4) is 0 Å². The third kappa shape index (κ3) is 1.93. The smallest absolute Gasteiger partial charge is 0.398 e.